The number of aliphatic carboxylic acids is 4. The fraction of sp³-hybridized carbons (Fsp3) is 0.509. The number of hydrogen-bond donors (Lipinski definition) is 14. The summed E-state index contributed by atoms with van der Waals surface area (Å²) in [6.45, 7) is 23.6. The summed E-state index contributed by atoms with van der Waals surface area (Å²) in [5.41, 5.74) is 17.1. The highest BCUT2D eigenvalue weighted by Gasteiger charge is 2.35. The third-order valence-electron chi connectivity index (χ3n) is 22.5. The molecule has 9 atom stereocenters. The van der Waals surface area contributed by atoms with Gasteiger partial charge < -0.3 is 91.0 Å². The standard InChI is InChI=1S/C36H49N3O7.C28H35N3O5.C23H36N2O6.C12H14O3.C11H22N2O4/c1-6-45-34(42)31(20-19-25-14-8-7-9-15-25)39-30(18-12-13-21-37-35(43)46-36(2,3)4)32(40)23-26(33(41)44-5)22-27-24-38-29-17-11-10-16-28(27)29;29-15-7-6-12-24(31-25(28(35)36)14-13-19-8-2-1-3-9-19)26(32)17-20(27(33)34)16-21-18-30-23-11-5-4-10-22(21)23;1-5-30-21(28)19(15-14-17-11-7-6-8-12-17)25-18(20(26)27)13-9-10-16-24-22(29)31-23(2,3)4;1-2-15-12(14)11(13)9-8-10-6-4-3-5-7-10;1-11(2,3)17-10(16)13-7-5-4-6-8(12)9(14)15/h7-11,14-17,24,26,30-31,38-39H,6,12-13,18-23H2,1-5H3,(H,37,43);1-5,8-11,18,20,24-25,30-31H,6-7,12-17,29H2,(H,33,34)(H,35,36);6-8,11-12,18-19,25H,5,9-10,13-16H2,1-4H3,(H,24,29)(H,26,27);3-7H,2,8-9H2,1H3;8H,4-7,12H2,1-3H3,(H,13,16)(H,14,15)/t26-,30+,31?;20-,24+,25?;18-,19?;;8-/m110.0/s1. The Morgan fingerprint density at radius 1 is 0.359 bits per heavy atom. The topological polar surface area (TPSA) is 540 Å². The first-order valence-corrected chi connectivity index (χ1v) is 49.9. The van der Waals surface area contributed by atoms with E-state index >= 15 is 0 Å². The first kappa shape index (κ1) is 124. The largest absolute Gasteiger partial charge is 0.481 e. The van der Waals surface area contributed by atoms with Crippen LogP contribution in [0.4, 0.5) is 14.4 Å². The van der Waals surface area contributed by atoms with Crippen LogP contribution in [0, 0.1) is 11.8 Å². The number of esters is 4. The normalized spacial score (nSPS) is 13.0. The lowest BCUT2D eigenvalue weighted by Crippen LogP contribution is -2.48. The van der Waals surface area contributed by atoms with Crippen LogP contribution in [0.3, 0.4) is 0 Å². The van der Waals surface area contributed by atoms with Gasteiger partial charge in [-0.1, -0.05) is 164 Å². The minimum atomic E-state index is -1.05. The van der Waals surface area contributed by atoms with Crippen LogP contribution in [0.15, 0.2) is 182 Å². The van der Waals surface area contributed by atoms with Crippen LogP contribution in [-0.4, -0.2) is 226 Å². The molecule has 3 amide bonds. The molecule has 6 aromatic carbocycles. The minimum absolute atomic E-state index is 0.0613. The average molecular weight is 2020 g/mol. The van der Waals surface area contributed by atoms with Gasteiger partial charge in [0.05, 0.1) is 50.8 Å². The predicted molar refractivity (Wildman–Crippen MR) is 554 cm³/mol. The van der Waals surface area contributed by atoms with Gasteiger partial charge in [-0.3, -0.25) is 63.9 Å². The van der Waals surface area contributed by atoms with Gasteiger partial charge >= 0.3 is 66.0 Å². The summed E-state index contributed by atoms with van der Waals surface area (Å²) >= 11 is 0. The molecule has 0 aliphatic heterocycles. The van der Waals surface area contributed by atoms with Crippen LogP contribution < -0.4 is 43.4 Å². The van der Waals surface area contributed by atoms with Gasteiger partial charge in [0.1, 0.15) is 47.0 Å². The molecule has 0 fully saturated rings. The van der Waals surface area contributed by atoms with E-state index in [0.717, 1.165) is 55.2 Å². The van der Waals surface area contributed by atoms with E-state index in [-0.39, 0.29) is 57.1 Å². The van der Waals surface area contributed by atoms with Gasteiger partial charge in [0.2, 0.25) is 5.78 Å². The van der Waals surface area contributed by atoms with E-state index in [1.165, 1.54) is 7.11 Å². The van der Waals surface area contributed by atoms with Crippen LogP contribution in [0.25, 0.3) is 21.8 Å². The van der Waals surface area contributed by atoms with Crippen molar-refractivity contribution in [3.05, 3.63) is 216 Å². The molecule has 0 radical (unpaired) electrons. The number of ether oxygens (including phenoxy) is 7. The number of para-hydroxylation sites is 2. The average Bonchev–Trinajstić information content (AvgIpc) is 1.70. The Labute approximate surface area is 851 Å². The maximum absolute atomic E-state index is 14.0. The third kappa shape index (κ3) is 53.3. The molecule has 2 aromatic heterocycles. The molecule has 0 saturated carbocycles. The monoisotopic (exact) mass is 2020 g/mol. The number of carboxylic acid groups (broad SMARTS) is 4. The van der Waals surface area contributed by atoms with E-state index in [0.29, 0.717) is 155 Å². The number of aromatic nitrogens is 2. The van der Waals surface area contributed by atoms with Gasteiger partial charge in [0.25, 0.3) is 0 Å². The van der Waals surface area contributed by atoms with Crippen LogP contribution in [0.5, 0.6) is 0 Å². The Bertz CT molecular complexity index is 5210. The highest BCUT2D eigenvalue weighted by molar-refractivity contribution is 6.33. The highest BCUT2D eigenvalue weighted by atomic mass is 16.6. The molecular formula is C110H156N10O25. The number of carboxylic acids is 4. The lowest BCUT2D eigenvalue weighted by atomic mass is 9.90. The molecule has 0 bridgehead atoms. The van der Waals surface area contributed by atoms with E-state index in [9.17, 15) is 82.4 Å². The predicted octanol–water partition coefficient (Wildman–Crippen LogP) is 15.4. The Morgan fingerprint density at radius 3 is 1.04 bits per heavy atom. The van der Waals surface area contributed by atoms with Crippen molar-refractivity contribution in [3.8, 4) is 0 Å². The molecular weight excluding hydrogens is 1860 g/mol. The number of aromatic amines is 2. The zero-order chi connectivity index (χ0) is 107. The molecule has 2 heterocycles. The van der Waals surface area contributed by atoms with Gasteiger partial charge in [-0.05, 0) is 264 Å². The summed E-state index contributed by atoms with van der Waals surface area (Å²) < 4.78 is 35.7. The lowest BCUT2D eigenvalue weighted by Gasteiger charge is -2.25. The number of rotatable bonds is 58. The fourth-order valence-electron chi connectivity index (χ4n) is 15.2. The quantitative estimate of drug-likeness (QED) is 0.00728. The van der Waals surface area contributed by atoms with Crippen molar-refractivity contribution >= 4 is 105 Å². The molecule has 8 aromatic rings. The molecule has 0 saturated heterocycles. The number of carbonyl (C=O) groups is 14. The molecule has 0 spiro atoms. The van der Waals surface area contributed by atoms with Crippen LogP contribution >= 0.6 is 0 Å². The Kier molecular flexibility index (Phi) is 58.3. The molecule has 16 N–H and O–H groups in total. The maximum Gasteiger partial charge on any atom is 0.407 e. The summed E-state index contributed by atoms with van der Waals surface area (Å²) in [5, 5.41) is 57.0. The van der Waals surface area contributed by atoms with E-state index in [2.05, 4.69) is 46.6 Å². The third-order valence-corrected chi connectivity index (χ3v) is 22.5. The molecule has 3 unspecified atom stereocenters. The number of Topliss-reactive ketones (excluding diaryl/α,β-unsaturated/α-hetero) is 3. The number of H-pyrrole nitrogens is 2. The van der Waals surface area contributed by atoms with Gasteiger partial charge in [-0.2, -0.15) is 0 Å². The SMILES string of the molecule is CC(C)(C)OC(=O)NCCCC[C@H](N)C(=O)O.CCOC(=O)C(=O)CCc1ccccc1.CCOC(=O)C(CCc1ccccc1)N[C@@H](CCCCNC(=O)OC(C)(C)C)C(=O)C[C@@H](Cc1c[nH]c2ccccc12)C(=O)OC.CCOC(=O)C(CCc1ccccc1)N[C@@H](CCCCNC(=O)OC(C)(C)C)C(=O)O.NCCCC[C@H](NC(CCc1ccccc1)C(=O)O)C(=O)C[C@@H](Cc1c[nH]c2ccccc12)C(=O)O. The number of nitrogens with two attached hydrogens (primary N) is 2. The molecule has 0 aliphatic carbocycles. The molecule has 8 rings (SSSR count). The number of benzene rings is 6. The smallest absolute Gasteiger partial charge is 0.407 e. The van der Waals surface area contributed by atoms with Gasteiger partial charge in [0, 0.05) is 73.1 Å². The summed E-state index contributed by atoms with van der Waals surface area (Å²) in [4.78, 5) is 175. The van der Waals surface area contributed by atoms with Gasteiger partial charge in [-0.25, -0.2) is 19.2 Å². The Morgan fingerprint density at radius 2 is 0.683 bits per heavy atom. The second-order valence-corrected chi connectivity index (χ2v) is 37.9. The number of hydrogen-bond acceptors (Lipinski definition) is 26. The summed E-state index contributed by atoms with van der Waals surface area (Å²) in [6, 6.07) is 48.6. The summed E-state index contributed by atoms with van der Waals surface area (Å²) in [7, 11) is 1.32. The highest BCUT2D eigenvalue weighted by Crippen LogP contribution is 2.28. The van der Waals surface area contributed by atoms with Crippen molar-refractivity contribution in [2.45, 2.75) is 296 Å². The maximum atomic E-state index is 14.0. The van der Waals surface area contributed by atoms with E-state index in [1.807, 2.05) is 176 Å². The van der Waals surface area contributed by atoms with Crippen LogP contribution in [0.1, 0.15) is 232 Å². The zero-order valence-corrected chi connectivity index (χ0v) is 86.5. The van der Waals surface area contributed by atoms with E-state index < -0.39 is 143 Å². The zero-order valence-electron chi connectivity index (χ0n) is 86.5. The second-order valence-electron chi connectivity index (χ2n) is 37.9. The van der Waals surface area contributed by atoms with Crippen molar-refractivity contribution in [2.24, 2.45) is 23.3 Å². The summed E-state index contributed by atoms with van der Waals surface area (Å²) in [5.74, 6) is -8.72. The summed E-state index contributed by atoms with van der Waals surface area (Å²) in [6.07, 6.45) is 12.8. The van der Waals surface area contributed by atoms with E-state index in [1.54, 1.807) is 89.3 Å². The first-order valence-electron chi connectivity index (χ1n) is 49.9. The van der Waals surface area contributed by atoms with Gasteiger partial charge in [0.15, 0.2) is 11.6 Å². The Hall–Kier alpha value is -13.2. The second kappa shape index (κ2) is 68.2. The molecule has 0 aliphatic rings. The fourth-order valence-corrected chi connectivity index (χ4v) is 15.2. The number of fused-ring (bicyclic) bond motifs is 2. The number of ketones is 3. The number of amides is 3. The Balaban J connectivity index is 0.000000398. The number of aryl methyl sites for hydroxylation is 4. The molecule has 145 heavy (non-hydrogen) atoms. The van der Waals surface area contributed by atoms with Crippen molar-refractivity contribution in [2.75, 3.05) is 53.1 Å². The van der Waals surface area contributed by atoms with Crippen molar-refractivity contribution < 1.29 is 121 Å². The first-order chi connectivity index (χ1) is 69.0. The van der Waals surface area contributed by atoms with Crippen LogP contribution in [-0.2, 0) is 124 Å². The number of alkyl carbamates (subject to hydrolysis) is 3. The minimum Gasteiger partial charge on any atom is -0.481 e. The van der Waals surface area contributed by atoms with Crippen molar-refractivity contribution in [1.82, 2.24) is 41.9 Å². The molecule has 35 nitrogen and oxygen atoms in total. The molecule has 796 valence electrons. The van der Waals surface area contributed by atoms with Gasteiger partial charge in [-0.15, -0.1) is 0 Å². The number of methoxy groups -OCH3 is 1. The lowest BCUT2D eigenvalue weighted by molar-refractivity contribution is -0.153. The van der Waals surface area contributed by atoms with Crippen molar-refractivity contribution in [1.29, 1.82) is 0 Å². The number of unbranched alkanes of at least 4 members (excludes halogenated alkanes) is 4. The van der Waals surface area contributed by atoms with Crippen molar-refractivity contribution in [3.63, 3.8) is 0 Å². The number of carbonyl (C=O) groups excluding carboxylic acids is 10. The molecule has 35 heteroatoms. The van der Waals surface area contributed by atoms with E-state index in [4.69, 9.17) is 45.0 Å². The number of nitrogens with one attached hydrogen (secondary N) is 8. The van der Waals surface area contributed by atoms with Crippen LogP contribution in [0.2, 0.25) is 0 Å².